The number of benzene rings is 1. The smallest absolute Gasteiger partial charge is 0.433 e. The largest absolute Gasteiger partial charge is 0.507 e. The van der Waals surface area contributed by atoms with Crippen LogP contribution in [-0.2, 0) is 6.18 Å². The zero-order chi connectivity index (χ0) is 14.2. The van der Waals surface area contributed by atoms with Crippen LogP contribution in [0.15, 0.2) is 24.4 Å². The van der Waals surface area contributed by atoms with Crippen LogP contribution in [-0.4, -0.2) is 10.1 Å². The summed E-state index contributed by atoms with van der Waals surface area (Å²) in [5.41, 5.74) is 0.245. The Morgan fingerprint density at radius 1 is 1.32 bits per heavy atom. The summed E-state index contributed by atoms with van der Waals surface area (Å²) in [6, 6.07) is 6.02. The lowest BCUT2D eigenvalue weighted by molar-refractivity contribution is -0.141. The average molecular weight is 287 g/mol. The normalized spacial score (nSPS) is 11.6. The second-order valence-corrected chi connectivity index (χ2v) is 4.32. The molecule has 2 rings (SSSR count). The molecule has 0 unspecified atom stereocenters. The van der Waals surface area contributed by atoms with Gasteiger partial charge in [-0.05, 0) is 24.6 Å². The zero-order valence-electron chi connectivity index (χ0n) is 9.72. The van der Waals surface area contributed by atoms with Gasteiger partial charge in [0.25, 0.3) is 0 Å². The number of alkyl halides is 3. The third-order valence-corrected chi connectivity index (χ3v) is 3.04. The van der Waals surface area contributed by atoms with Gasteiger partial charge in [0.15, 0.2) is 0 Å². The van der Waals surface area contributed by atoms with Crippen LogP contribution in [0, 0.1) is 13.0 Å². The summed E-state index contributed by atoms with van der Waals surface area (Å²) in [7, 11) is 0. The SMILES string of the molecule is Cc1c(Cl)c[c]c(O)c1-c1ccc(C(F)(F)F)nc1. The van der Waals surface area contributed by atoms with Gasteiger partial charge >= 0.3 is 6.18 Å². The number of rotatable bonds is 1. The van der Waals surface area contributed by atoms with Crippen molar-refractivity contribution >= 4 is 11.6 Å². The predicted molar refractivity (Wildman–Crippen MR) is 64.9 cm³/mol. The van der Waals surface area contributed by atoms with Gasteiger partial charge in [-0.25, -0.2) is 0 Å². The highest BCUT2D eigenvalue weighted by Gasteiger charge is 2.32. The third kappa shape index (κ3) is 2.66. The van der Waals surface area contributed by atoms with E-state index >= 15 is 0 Å². The van der Waals surface area contributed by atoms with Crippen LogP contribution in [0.5, 0.6) is 5.75 Å². The van der Waals surface area contributed by atoms with Crippen LogP contribution in [0.1, 0.15) is 11.3 Å². The molecule has 1 radical (unpaired) electrons. The predicted octanol–water partition coefficient (Wildman–Crippen LogP) is 4.24. The molecule has 0 bridgehead atoms. The first-order valence-electron chi connectivity index (χ1n) is 5.24. The van der Waals surface area contributed by atoms with Crippen molar-refractivity contribution in [2.45, 2.75) is 13.1 Å². The molecule has 0 atom stereocenters. The summed E-state index contributed by atoms with van der Waals surface area (Å²) in [5, 5.41) is 10.1. The molecule has 2 nitrogen and oxygen atoms in total. The number of halogens is 4. The van der Waals surface area contributed by atoms with Gasteiger partial charge in [0, 0.05) is 28.4 Å². The number of phenolic OH excluding ortho intramolecular Hbond substituents is 1. The maximum atomic E-state index is 12.4. The molecule has 0 fully saturated rings. The Morgan fingerprint density at radius 2 is 2.00 bits per heavy atom. The topological polar surface area (TPSA) is 33.1 Å². The van der Waals surface area contributed by atoms with Crippen molar-refractivity contribution in [2.75, 3.05) is 0 Å². The summed E-state index contributed by atoms with van der Waals surface area (Å²) < 4.78 is 37.2. The number of hydrogen-bond donors (Lipinski definition) is 1. The number of nitrogens with zero attached hydrogens (tertiary/aromatic N) is 1. The Kier molecular flexibility index (Phi) is 3.41. The van der Waals surface area contributed by atoms with E-state index in [1.807, 2.05) is 0 Å². The molecule has 1 aromatic heterocycles. The van der Waals surface area contributed by atoms with Crippen LogP contribution < -0.4 is 0 Å². The average Bonchev–Trinajstić information content (AvgIpc) is 2.34. The van der Waals surface area contributed by atoms with E-state index in [2.05, 4.69) is 11.1 Å². The molecule has 0 saturated carbocycles. The molecular weight excluding hydrogens is 279 g/mol. The fourth-order valence-corrected chi connectivity index (χ4v) is 1.82. The molecule has 0 amide bonds. The molecule has 1 heterocycles. The molecule has 6 heteroatoms. The van der Waals surface area contributed by atoms with Crippen LogP contribution in [0.2, 0.25) is 5.02 Å². The van der Waals surface area contributed by atoms with Gasteiger partial charge < -0.3 is 5.11 Å². The third-order valence-electron chi connectivity index (χ3n) is 2.65. The summed E-state index contributed by atoms with van der Waals surface area (Å²) in [4.78, 5) is 3.35. The van der Waals surface area contributed by atoms with Gasteiger partial charge in [-0.15, -0.1) is 0 Å². The monoisotopic (exact) mass is 286 g/mol. The Labute approximate surface area is 112 Å². The Morgan fingerprint density at radius 3 is 2.53 bits per heavy atom. The van der Waals surface area contributed by atoms with Crippen LogP contribution in [0.3, 0.4) is 0 Å². The van der Waals surface area contributed by atoms with Crippen LogP contribution >= 0.6 is 11.6 Å². The Balaban J connectivity index is 2.52. The lowest BCUT2D eigenvalue weighted by Gasteiger charge is -2.11. The van der Waals surface area contributed by atoms with Crippen molar-refractivity contribution in [3.8, 4) is 16.9 Å². The van der Waals surface area contributed by atoms with Crippen molar-refractivity contribution in [3.63, 3.8) is 0 Å². The maximum Gasteiger partial charge on any atom is 0.433 e. The Bertz CT molecular complexity index is 609. The Hall–Kier alpha value is -1.75. The molecule has 0 saturated heterocycles. The van der Waals surface area contributed by atoms with E-state index in [1.165, 1.54) is 12.1 Å². The fourth-order valence-electron chi connectivity index (χ4n) is 1.67. The maximum absolute atomic E-state index is 12.4. The number of pyridine rings is 1. The van der Waals surface area contributed by atoms with E-state index in [0.29, 0.717) is 21.7 Å². The number of aromatic hydroxyl groups is 1. The standard InChI is InChI=1S/C13H8ClF3NO/c1-7-9(14)3-4-10(19)12(7)8-2-5-11(18-6-8)13(15,16)17/h2-3,5-6,19H,1H3. The number of aromatic nitrogens is 1. The molecule has 1 N–H and O–H groups in total. The van der Waals surface area contributed by atoms with Crippen LogP contribution in [0.4, 0.5) is 13.2 Å². The summed E-state index contributed by atoms with van der Waals surface area (Å²) >= 11 is 5.90. The summed E-state index contributed by atoms with van der Waals surface area (Å²) in [6.07, 6.45) is -3.44. The molecule has 19 heavy (non-hydrogen) atoms. The van der Waals surface area contributed by atoms with E-state index in [4.69, 9.17) is 11.6 Å². The fraction of sp³-hybridized carbons (Fsp3) is 0.154. The molecule has 1 aromatic carbocycles. The molecule has 2 aromatic rings. The van der Waals surface area contributed by atoms with E-state index in [-0.39, 0.29) is 5.75 Å². The van der Waals surface area contributed by atoms with Gasteiger partial charge in [-0.2, -0.15) is 13.2 Å². The van der Waals surface area contributed by atoms with Crippen molar-refractivity contribution in [1.82, 2.24) is 4.98 Å². The lowest BCUT2D eigenvalue weighted by Crippen LogP contribution is -2.07. The van der Waals surface area contributed by atoms with Gasteiger partial charge in [0.05, 0.1) is 0 Å². The highest BCUT2D eigenvalue weighted by atomic mass is 35.5. The first-order valence-corrected chi connectivity index (χ1v) is 5.62. The first kappa shape index (κ1) is 13.7. The molecule has 0 aliphatic rings. The lowest BCUT2D eigenvalue weighted by atomic mass is 10.0. The van der Waals surface area contributed by atoms with Gasteiger partial charge in [0.1, 0.15) is 11.4 Å². The number of hydrogen-bond acceptors (Lipinski definition) is 2. The minimum atomic E-state index is -4.49. The molecule has 99 valence electrons. The van der Waals surface area contributed by atoms with E-state index in [0.717, 1.165) is 12.3 Å². The van der Waals surface area contributed by atoms with Crippen LogP contribution in [0.25, 0.3) is 11.1 Å². The summed E-state index contributed by atoms with van der Waals surface area (Å²) in [5.74, 6) is -0.177. The van der Waals surface area contributed by atoms with Crippen molar-refractivity contribution in [3.05, 3.63) is 46.7 Å². The molecule has 0 aliphatic carbocycles. The number of phenols is 1. The highest BCUT2D eigenvalue weighted by Crippen LogP contribution is 2.36. The van der Waals surface area contributed by atoms with Crippen molar-refractivity contribution in [1.29, 1.82) is 0 Å². The van der Waals surface area contributed by atoms with Crippen molar-refractivity contribution < 1.29 is 18.3 Å². The van der Waals surface area contributed by atoms with Gasteiger partial charge in [0.2, 0.25) is 0 Å². The quantitative estimate of drug-likeness (QED) is 0.851. The van der Waals surface area contributed by atoms with E-state index in [1.54, 1.807) is 6.92 Å². The van der Waals surface area contributed by atoms with E-state index < -0.39 is 11.9 Å². The first-order chi connectivity index (χ1) is 8.80. The molecule has 0 spiro atoms. The van der Waals surface area contributed by atoms with Gasteiger partial charge in [-0.3, -0.25) is 4.98 Å². The minimum Gasteiger partial charge on any atom is -0.507 e. The summed E-state index contributed by atoms with van der Waals surface area (Å²) in [6.45, 7) is 1.66. The second kappa shape index (κ2) is 4.74. The van der Waals surface area contributed by atoms with E-state index in [9.17, 15) is 18.3 Å². The van der Waals surface area contributed by atoms with Gasteiger partial charge in [-0.1, -0.05) is 17.7 Å². The van der Waals surface area contributed by atoms with Crippen molar-refractivity contribution in [2.24, 2.45) is 0 Å². The highest BCUT2D eigenvalue weighted by molar-refractivity contribution is 6.31. The molecule has 0 aliphatic heterocycles. The zero-order valence-corrected chi connectivity index (χ0v) is 10.5. The second-order valence-electron chi connectivity index (χ2n) is 3.92. The minimum absolute atomic E-state index is 0.177. The molecular formula is C13H8ClF3NO.